The maximum Gasteiger partial charge on any atom is 0.169 e. The van der Waals surface area contributed by atoms with Crippen molar-refractivity contribution in [2.24, 2.45) is 9.98 Å². The third-order valence-electron chi connectivity index (χ3n) is 11.3. The van der Waals surface area contributed by atoms with E-state index in [2.05, 4.69) is 175 Å². The Morgan fingerprint density at radius 2 is 0.893 bits per heavy atom. The minimum atomic E-state index is -0.399. The van der Waals surface area contributed by atoms with Crippen LogP contribution >= 0.6 is 22.7 Å². The number of hydrogen-bond acceptors (Lipinski definition) is 5. The van der Waals surface area contributed by atoms with Crippen molar-refractivity contribution in [3.05, 3.63) is 193 Å². The molecule has 3 heterocycles. The van der Waals surface area contributed by atoms with Crippen LogP contribution in [0.1, 0.15) is 22.9 Å². The van der Waals surface area contributed by atoms with Crippen molar-refractivity contribution in [1.82, 2.24) is 5.32 Å². The highest BCUT2D eigenvalue weighted by Gasteiger charge is 2.24. The van der Waals surface area contributed by atoms with Crippen LogP contribution in [0.2, 0.25) is 0 Å². The van der Waals surface area contributed by atoms with Gasteiger partial charge in [-0.1, -0.05) is 152 Å². The summed E-state index contributed by atoms with van der Waals surface area (Å²) in [6, 6.07) is 63.7. The molecule has 1 unspecified atom stereocenters. The lowest BCUT2D eigenvalue weighted by molar-refractivity contribution is 0.757. The highest BCUT2D eigenvalue weighted by Crippen LogP contribution is 2.44. The summed E-state index contributed by atoms with van der Waals surface area (Å²) in [4.78, 5) is 10.6. The van der Waals surface area contributed by atoms with Crippen LogP contribution in [0.4, 0.5) is 0 Å². The molecule has 12 rings (SSSR count). The molecule has 56 heavy (non-hydrogen) atoms. The van der Waals surface area contributed by atoms with Gasteiger partial charge < -0.3 is 5.32 Å². The number of rotatable bonds is 4. The van der Waals surface area contributed by atoms with Gasteiger partial charge in [0.15, 0.2) is 6.17 Å². The molecule has 262 valence electrons. The second-order valence-electron chi connectivity index (χ2n) is 14.5. The Kier molecular flexibility index (Phi) is 7.03. The fourth-order valence-electron chi connectivity index (χ4n) is 8.69. The normalized spacial score (nSPS) is 14.6. The number of aliphatic imine (C=N–C) groups is 2. The molecule has 0 saturated carbocycles. The van der Waals surface area contributed by atoms with E-state index < -0.39 is 6.17 Å². The Bertz CT molecular complexity index is 3430. The lowest BCUT2D eigenvalue weighted by Gasteiger charge is -2.22. The van der Waals surface area contributed by atoms with Crippen LogP contribution in [0, 0.1) is 0 Å². The van der Waals surface area contributed by atoms with Crippen molar-refractivity contribution < 1.29 is 0 Å². The fraction of sp³-hybridized carbons (Fsp3) is 0.0196. The molecule has 1 N–H and O–H groups in total. The monoisotopic (exact) mass is 749 g/mol. The van der Waals surface area contributed by atoms with Gasteiger partial charge in [0.05, 0.1) is 0 Å². The molecule has 3 nitrogen and oxygen atoms in total. The number of benzene rings is 9. The van der Waals surface area contributed by atoms with Gasteiger partial charge in [-0.25, -0.2) is 9.98 Å². The molecule has 1 atom stereocenters. The summed E-state index contributed by atoms with van der Waals surface area (Å²) in [6.07, 6.45) is -0.399. The Hall–Kier alpha value is -6.66. The maximum absolute atomic E-state index is 5.35. The third kappa shape index (κ3) is 4.88. The molecule has 0 saturated heterocycles. The van der Waals surface area contributed by atoms with Crippen molar-refractivity contribution in [2.75, 3.05) is 0 Å². The summed E-state index contributed by atoms with van der Waals surface area (Å²) in [5.41, 5.74) is 5.70. The van der Waals surface area contributed by atoms with Crippen LogP contribution < -0.4 is 5.32 Å². The molecule has 0 bridgehead atoms. The molecule has 1 aliphatic heterocycles. The van der Waals surface area contributed by atoms with Gasteiger partial charge in [0, 0.05) is 51.5 Å². The average Bonchev–Trinajstić information content (AvgIpc) is 3.85. The van der Waals surface area contributed by atoms with Crippen LogP contribution in [-0.2, 0) is 0 Å². The Labute approximate surface area is 330 Å². The number of amidine groups is 2. The molecule has 9 aromatic carbocycles. The molecule has 1 aliphatic rings. The van der Waals surface area contributed by atoms with E-state index >= 15 is 0 Å². The predicted molar refractivity (Wildman–Crippen MR) is 242 cm³/mol. The fourth-order valence-corrected chi connectivity index (χ4v) is 11.2. The highest BCUT2D eigenvalue weighted by atomic mass is 32.1. The predicted octanol–water partition coefficient (Wildman–Crippen LogP) is 14.0. The van der Waals surface area contributed by atoms with Gasteiger partial charge in [-0.05, 0) is 73.3 Å². The van der Waals surface area contributed by atoms with E-state index in [4.69, 9.17) is 9.98 Å². The lowest BCUT2D eigenvalue weighted by Crippen LogP contribution is -2.36. The van der Waals surface area contributed by atoms with E-state index in [0.29, 0.717) is 0 Å². The van der Waals surface area contributed by atoms with Crippen molar-refractivity contribution in [3.8, 4) is 11.1 Å². The van der Waals surface area contributed by atoms with Gasteiger partial charge in [-0.3, -0.25) is 0 Å². The van der Waals surface area contributed by atoms with E-state index in [-0.39, 0.29) is 0 Å². The SMILES string of the molecule is c1ccc(C2=NC(c3ccc4c(c3)sc3c(-c5ccc6c7ccccc7c7ccccc7c6c5)cccc34)N=C(c3cccc4c3sc3ccccc34)N2)cc1. The first-order valence-electron chi connectivity index (χ1n) is 18.9. The molecule has 5 heteroatoms. The van der Waals surface area contributed by atoms with Crippen molar-refractivity contribution in [2.45, 2.75) is 6.17 Å². The number of fused-ring (bicyclic) bond motifs is 12. The molecule has 0 spiro atoms. The summed E-state index contributed by atoms with van der Waals surface area (Å²) in [5.74, 6) is 1.67. The van der Waals surface area contributed by atoms with Crippen molar-refractivity contribution in [1.29, 1.82) is 0 Å². The number of hydrogen-bond donors (Lipinski definition) is 1. The van der Waals surface area contributed by atoms with E-state index in [1.54, 1.807) is 0 Å². The van der Waals surface area contributed by atoms with Gasteiger partial charge in [0.1, 0.15) is 11.7 Å². The first kappa shape index (κ1) is 31.7. The summed E-state index contributed by atoms with van der Waals surface area (Å²) in [5, 5.41) is 16.5. The molecule has 2 aromatic heterocycles. The molecule has 0 amide bonds. The number of nitrogens with one attached hydrogen (secondary N) is 1. The number of nitrogens with zero attached hydrogens (tertiary/aromatic N) is 2. The quantitative estimate of drug-likeness (QED) is 0.179. The molecular weight excluding hydrogens is 719 g/mol. The molecule has 0 aliphatic carbocycles. The molecule has 0 fully saturated rings. The van der Waals surface area contributed by atoms with E-state index in [9.17, 15) is 0 Å². The summed E-state index contributed by atoms with van der Waals surface area (Å²) >= 11 is 3.68. The van der Waals surface area contributed by atoms with Gasteiger partial charge in [0.25, 0.3) is 0 Å². The zero-order valence-corrected chi connectivity index (χ0v) is 31.7. The summed E-state index contributed by atoms with van der Waals surface area (Å²) < 4.78 is 5.04. The zero-order valence-electron chi connectivity index (χ0n) is 30.0. The first-order chi connectivity index (χ1) is 27.7. The molecule has 0 radical (unpaired) electrons. The van der Waals surface area contributed by atoms with Crippen LogP contribution in [0.3, 0.4) is 0 Å². The van der Waals surface area contributed by atoms with Crippen LogP contribution in [0.5, 0.6) is 0 Å². The topological polar surface area (TPSA) is 36.8 Å². The maximum atomic E-state index is 5.35. The first-order valence-corrected chi connectivity index (χ1v) is 20.6. The molecule has 11 aromatic rings. The van der Waals surface area contributed by atoms with E-state index in [1.807, 2.05) is 28.7 Å². The highest BCUT2D eigenvalue weighted by molar-refractivity contribution is 7.26. The Morgan fingerprint density at radius 1 is 0.357 bits per heavy atom. The van der Waals surface area contributed by atoms with E-state index in [1.165, 1.54) is 83.8 Å². The van der Waals surface area contributed by atoms with Crippen LogP contribution in [0.25, 0.3) is 83.8 Å². The van der Waals surface area contributed by atoms with Gasteiger partial charge in [0.2, 0.25) is 0 Å². The van der Waals surface area contributed by atoms with Crippen LogP contribution in [0.15, 0.2) is 186 Å². The minimum absolute atomic E-state index is 0.399. The zero-order chi connectivity index (χ0) is 36.7. The van der Waals surface area contributed by atoms with Gasteiger partial charge in [-0.15, -0.1) is 22.7 Å². The van der Waals surface area contributed by atoms with E-state index in [0.717, 1.165) is 28.4 Å². The van der Waals surface area contributed by atoms with Crippen molar-refractivity contribution >= 4 is 107 Å². The van der Waals surface area contributed by atoms with Crippen molar-refractivity contribution in [3.63, 3.8) is 0 Å². The largest absolute Gasteiger partial charge is 0.324 e. The van der Waals surface area contributed by atoms with Gasteiger partial charge >= 0.3 is 0 Å². The molecular formula is C51H31N3S2. The minimum Gasteiger partial charge on any atom is -0.324 e. The summed E-state index contributed by atoms with van der Waals surface area (Å²) in [6.45, 7) is 0. The lowest BCUT2D eigenvalue weighted by atomic mass is 9.92. The smallest absolute Gasteiger partial charge is 0.169 e. The summed E-state index contributed by atoms with van der Waals surface area (Å²) in [7, 11) is 0. The third-order valence-corrected chi connectivity index (χ3v) is 13.7. The van der Waals surface area contributed by atoms with Crippen LogP contribution in [-0.4, -0.2) is 11.7 Å². The average molecular weight is 750 g/mol. The number of thiophene rings is 2. The standard InChI is InChI=1S/C51H31N3S2/c1-2-12-30(13-3-1)49-52-50(54-51(53-49)43-22-11-21-41-39-18-8-9-23-45(39)55-48(41)43)32-25-27-40-42-20-10-19-33(47(42)56-46(40)29-32)31-24-26-38-36-16-5-4-14-34(36)35-15-6-7-17-37(35)44(38)28-31/h1-29,50H,(H,52,53,54). The van der Waals surface area contributed by atoms with Gasteiger partial charge in [-0.2, -0.15) is 0 Å². The Balaban J connectivity index is 1.00. The Morgan fingerprint density at radius 3 is 1.64 bits per heavy atom. The second-order valence-corrected chi connectivity index (χ2v) is 16.6. The second kappa shape index (κ2) is 12.4.